The minimum atomic E-state index is -0.117. The molecule has 2 amide bonds. The third-order valence-corrected chi connectivity index (χ3v) is 5.45. The van der Waals surface area contributed by atoms with Crippen molar-refractivity contribution in [2.45, 2.75) is 0 Å². The van der Waals surface area contributed by atoms with E-state index in [0.717, 1.165) is 24.5 Å². The predicted molar refractivity (Wildman–Crippen MR) is 111 cm³/mol. The Labute approximate surface area is 169 Å². The number of carbonyl (C=O) groups is 2. The van der Waals surface area contributed by atoms with E-state index in [2.05, 4.69) is 15.2 Å². The summed E-state index contributed by atoms with van der Waals surface area (Å²) in [5.41, 5.74) is 1.88. The number of methoxy groups -OCH3 is 1. The number of H-pyrrole nitrogens is 1. The zero-order chi connectivity index (χ0) is 19.8. The lowest BCUT2D eigenvalue weighted by molar-refractivity contribution is -0.377. The Balaban J connectivity index is 1.35. The molecule has 0 atom stereocenters. The van der Waals surface area contributed by atoms with Crippen LogP contribution in [0.5, 0.6) is 5.75 Å². The molecule has 0 unspecified atom stereocenters. The van der Waals surface area contributed by atoms with Crippen LogP contribution in [-0.2, 0) is 9.59 Å². The van der Waals surface area contributed by atoms with Gasteiger partial charge in [-0.15, -0.1) is 11.8 Å². The van der Waals surface area contributed by atoms with E-state index in [1.165, 1.54) is 11.8 Å². The van der Waals surface area contributed by atoms with Crippen LogP contribution in [0.25, 0.3) is 0 Å². The minimum Gasteiger partial charge on any atom is -0.497 e. The van der Waals surface area contributed by atoms with E-state index in [9.17, 15) is 9.59 Å². The van der Waals surface area contributed by atoms with Gasteiger partial charge in [0.2, 0.25) is 11.8 Å². The van der Waals surface area contributed by atoms with Gasteiger partial charge in [0.1, 0.15) is 5.75 Å². The second kappa shape index (κ2) is 9.98. The van der Waals surface area contributed by atoms with Gasteiger partial charge >= 0.3 is 0 Å². The summed E-state index contributed by atoms with van der Waals surface area (Å²) < 4.78 is 5.09. The lowest BCUT2D eigenvalue weighted by Crippen LogP contribution is -2.49. The molecule has 28 heavy (non-hydrogen) atoms. The van der Waals surface area contributed by atoms with Crippen molar-refractivity contribution in [1.82, 2.24) is 4.90 Å². The molecule has 8 heteroatoms. The Morgan fingerprint density at radius 3 is 2.36 bits per heavy atom. The SMILES string of the molecule is COc1ccc(NC(=O)CSCC(=O)N2CCN(c3cc[nH+]cc3)CC2)cc1. The van der Waals surface area contributed by atoms with Crippen molar-refractivity contribution < 1.29 is 19.3 Å². The molecule has 7 nitrogen and oxygen atoms in total. The fourth-order valence-electron chi connectivity index (χ4n) is 3.00. The number of hydrogen-bond acceptors (Lipinski definition) is 5. The van der Waals surface area contributed by atoms with E-state index in [-0.39, 0.29) is 17.6 Å². The highest BCUT2D eigenvalue weighted by molar-refractivity contribution is 8.00. The van der Waals surface area contributed by atoms with Gasteiger partial charge < -0.3 is 19.9 Å². The first-order chi connectivity index (χ1) is 13.7. The van der Waals surface area contributed by atoms with Crippen LogP contribution in [0, 0.1) is 0 Å². The van der Waals surface area contributed by atoms with E-state index in [1.807, 2.05) is 29.4 Å². The molecule has 1 saturated heterocycles. The average molecular weight is 402 g/mol. The number of carbonyl (C=O) groups excluding carboxylic acids is 2. The molecular formula is C20H25N4O3S+. The molecule has 2 N–H and O–H groups in total. The first-order valence-electron chi connectivity index (χ1n) is 9.16. The van der Waals surface area contributed by atoms with Crippen molar-refractivity contribution in [2.75, 3.05) is 55.0 Å². The summed E-state index contributed by atoms with van der Waals surface area (Å²) in [4.78, 5) is 31.6. The molecule has 1 aliphatic rings. The van der Waals surface area contributed by atoms with Crippen molar-refractivity contribution in [3.8, 4) is 5.75 Å². The largest absolute Gasteiger partial charge is 0.497 e. The second-order valence-electron chi connectivity index (χ2n) is 6.40. The molecule has 0 bridgehead atoms. The fourth-order valence-corrected chi connectivity index (χ4v) is 3.71. The number of amides is 2. The van der Waals surface area contributed by atoms with Crippen molar-refractivity contribution in [3.63, 3.8) is 0 Å². The summed E-state index contributed by atoms with van der Waals surface area (Å²) in [6, 6.07) is 11.2. The maximum Gasteiger partial charge on any atom is 0.234 e. The number of aromatic amines is 1. The van der Waals surface area contributed by atoms with Crippen LogP contribution < -0.4 is 19.9 Å². The first-order valence-corrected chi connectivity index (χ1v) is 10.3. The second-order valence-corrected chi connectivity index (χ2v) is 7.38. The van der Waals surface area contributed by atoms with E-state index in [1.54, 1.807) is 31.4 Å². The molecule has 0 radical (unpaired) electrons. The number of nitrogens with one attached hydrogen (secondary N) is 2. The van der Waals surface area contributed by atoms with Gasteiger partial charge in [-0.2, -0.15) is 0 Å². The zero-order valence-corrected chi connectivity index (χ0v) is 16.7. The molecule has 0 spiro atoms. The topological polar surface area (TPSA) is 76.0 Å². The molecule has 0 saturated carbocycles. The van der Waals surface area contributed by atoms with Crippen molar-refractivity contribution in [1.29, 1.82) is 0 Å². The molecule has 1 aromatic heterocycles. The monoisotopic (exact) mass is 401 g/mol. The molecule has 3 rings (SSSR count). The number of hydrogen-bond donors (Lipinski definition) is 1. The zero-order valence-electron chi connectivity index (χ0n) is 15.9. The van der Waals surface area contributed by atoms with Crippen LogP contribution in [0.4, 0.5) is 11.4 Å². The predicted octanol–water partition coefficient (Wildman–Crippen LogP) is 1.53. The molecule has 0 aliphatic carbocycles. The molecule has 1 aromatic carbocycles. The van der Waals surface area contributed by atoms with E-state index < -0.39 is 0 Å². The van der Waals surface area contributed by atoms with Crippen molar-refractivity contribution in [3.05, 3.63) is 48.8 Å². The summed E-state index contributed by atoms with van der Waals surface area (Å²) in [7, 11) is 1.60. The first kappa shape index (κ1) is 20.0. The van der Waals surface area contributed by atoms with Gasteiger partial charge in [-0.25, -0.2) is 4.98 Å². The van der Waals surface area contributed by atoms with E-state index in [0.29, 0.717) is 24.5 Å². The third kappa shape index (κ3) is 5.63. The van der Waals surface area contributed by atoms with Crippen LogP contribution in [0.3, 0.4) is 0 Å². The van der Waals surface area contributed by atoms with Gasteiger partial charge in [0.05, 0.1) is 18.6 Å². The van der Waals surface area contributed by atoms with Gasteiger partial charge in [0.25, 0.3) is 0 Å². The number of benzene rings is 1. The van der Waals surface area contributed by atoms with Gasteiger partial charge in [0.15, 0.2) is 12.4 Å². The van der Waals surface area contributed by atoms with Gasteiger partial charge in [0, 0.05) is 49.7 Å². The highest BCUT2D eigenvalue weighted by atomic mass is 32.2. The van der Waals surface area contributed by atoms with E-state index >= 15 is 0 Å². The Kier molecular flexibility index (Phi) is 7.13. The van der Waals surface area contributed by atoms with Crippen LogP contribution in [0.2, 0.25) is 0 Å². The van der Waals surface area contributed by atoms with Gasteiger partial charge in [-0.05, 0) is 24.3 Å². The summed E-state index contributed by atoms with van der Waals surface area (Å²) in [5.74, 6) is 1.27. The van der Waals surface area contributed by atoms with Crippen LogP contribution in [0.15, 0.2) is 48.8 Å². The number of anilines is 2. The smallest absolute Gasteiger partial charge is 0.234 e. The molecule has 2 aromatic rings. The lowest BCUT2D eigenvalue weighted by atomic mass is 10.2. The summed E-state index contributed by atoms with van der Waals surface area (Å²) in [5, 5.41) is 2.82. The summed E-state index contributed by atoms with van der Waals surface area (Å²) >= 11 is 1.34. The van der Waals surface area contributed by atoms with Gasteiger partial charge in [-0.3, -0.25) is 9.59 Å². The maximum absolute atomic E-state index is 12.4. The molecule has 148 valence electrons. The summed E-state index contributed by atoms with van der Waals surface area (Å²) in [6.07, 6.45) is 3.81. The van der Waals surface area contributed by atoms with Crippen LogP contribution in [-0.4, -0.2) is 61.5 Å². The minimum absolute atomic E-state index is 0.0864. The Morgan fingerprint density at radius 2 is 1.71 bits per heavy atom. The number of nitrogens with zero attached hydrogens (tertiary/aromatic N) is 2. The van der Waals surface area contributed by atoms with Gasteiger partial charge in [-0.1, -0.05) is 0 Å². The molecular weight excluding hydrogens is 376 g/mol. The fraction of sp³-hybridized carbons (Fsp3) is 0.350. The highest BCUT2D eigenvalue weighted by Crippen LogP contribution is 2.16. The number of ether oxygens (including phenoxy) is 1. The number of piperazine rings is 1. The summed E-state index contributed by atoms with van der Waals surface area (Å²) in [6.45, 7) is 3.04. The van der Waals surface area contributed by atoms with Crippen LogP contribution in [0.1, 0.15) is 0 Å². The Bertz CT molecular complexity index is 778. The molecule has 1 fully saturated rings. The standard InChI is InChI=1S/C20H24N4O3S/c1-27-18-4-2-16(3-5-18)22-19(25)14-28-15-20(26)24-12-10-23(11-13-24)17-6-8-21-9-7-17/h2-9H,10-15H2,1H3,(H,22,25)/p+1. The Hall–Kier alpha value is -2.74. The van der Waals surface area contributed by atoms with Crippen molar-refractivity contribution >= 4 is 35.0 Å². The number of thioether (sulfide) groups is 1. The van der Waals surface area contributed by atoms with E-state index in [4.69, 9.17) is 4.74 Å². The molecule has 2 heterocycles. The quantitative estimate of drug-likeness (QED) is 0.762. The van der Waals surface area contributed by atoms with Crippen molar-refractivity contribution in [2.24, 2.45) is 0 Å². The maximum atomic E-state index is 12.4. The number of pyridine rings is 1. The number of rotatable bonds is 7. The Morgan fingerprint density at radius 1 is 1.04 bits per heavy atom. The normalized spacial score (nSPS) is 13.9. The molecule has 1 aliphatic heterocycles. The van der Waals surface area contributed by atoms with Crippen LogP contribution >= 0.6 is 11.8 Å². The lowest BCUT2D eigenvalue weighted by Gasteiger charge is -2.35. The average Bonchev–Trinajstić information content (AvgIpc) is 2.75. The number of aromatic nitrogens is 1. The third-order valence-electron chi connectivity index (χ3n) is 4.53. The highest BCUT2D eigenvalue weighted by Gasteiger charge is 2.21.